The molecule has 0 unspecified atom stereocenters. The molecule has 0 fully saturated rings. The average Bonchev–Trinajstić information content (AvgIpc) is 2.15. The van der Waals surface area contributed by atoms with Crippen LogP contribution in [0, 0.1) is 0 Å². The summed E-state index contributed by atoms with van der Waals surface area (Å²) in [5.41, 5.74) is -0.0158. The summed E-state index contributed by atoms with van der Waals surface area (Å²) in [4.78, 5) is 6.88. The SMILES string of the molecule is CCC(=NC(C)(C)C)[N-]CN(CC)CC.[Co]. The predicted octanol–water partition coefficient (Wildman–Crippen LogP) is 3.26. The number of hydrogen-bond donors (Lipinski definition) is 0. The minimum Gasteiger partial charge on any atom is -0.463 e. The zero-order valence-corrected chi connectivity index (χ0v) is 12.5. The molecular formula is C12H26CoN3-. The van der Waals surface area contributed by atoms with Gasteiger partial charge >= 0.3 is 0 Å². The molecule has 0 aliphatic rings. The molecule has 0 amide bonds. The van der Waals surface area contributed by atoms with Crippen LogP contribution in [0.4, 0.5) is 0 Å². The van der Waals surface area contributed by atoms with Gasteiger partial charge in [-0.3, -0.25) is 0 Å². The average molecular weight is 271 g/mol. The van der Waals surface area contributed by atoms with E-state index < -0.39 is 0 Å². The fourth-order valence-electron chi connectivity index (χ4n) is 1.22. The van der Waals surface area contributed by atoms with Crippen LogP contribution in [0.5, 0.6) is 0 Å². The van der Waals surface area contributed by atoms with Crippen LogP contribution < -0.4 is 0 Å². The van der Waals surface area contributed by atoms with E-state index in [1.807, 2.05) is 0 Å². The van der Waals surface area contributed by atoms with Crippen molar-refractivity contribution in [1.82, 2.24) is 4.90 Å². The number of amidine groups is 1. The zero-order chi connectivity index (χ0) is 11.9. The molecule has 16 heavy (non-hydrogen) atoms. The molecule has 0 aromatic heterocycles. The van der Waals surface area contributed by atoms with Gasteiger partial charge in [-0.25, -0.2) is 0 Å². The molecule has 0 spiro atoms. The molecule has 0 N–H and O–H groups in total. The van der Waals surface area contributed by atoms with E-state index in [-0.39, 0.29) is 22.3 Å². The van der Waals surface area contributed by atoms with E-state index in [0.717, 1.165) is 32.0 Å². The van der Waals surface area contributed by atoms with E-state index in [4.69, 9.17) is 0 Å². The largest absolute Gasteiger partial charge is 0.463 e. The van der Waals surface area contributed by atoms with Crippen LogP contribution in [-0.2, 0) is 16.8 Å². The molecule has 1 radical (unpaired) electrons. The van der Waals surface area contributed by atoms with Crippen LogP contribution in [0.3, 0.4) is 0 Å². The Balaban J connectivity index is 0. The molecule has 0 atom stereocenters. The van der Waals surface area contributed by atoms with Gasteiger partial charge in [0.2, 0.25) is 0 Å². The maximum Gasteiger partial charge on any atom is 0.00183 e. The monoisotopic (exact) mass is 271 g/mol. The van der Waals surface area contributed by atoms with Gasteiger partial charge in [-0.2, -0.15) is 0 Å². The summed E-state index contributed by atoms with van der Waals surface area (Å²) in [6.45, 7) is 15.6. The normalized spacial score (nSPS) is 12.6. The second-order valence-corrected chi connectivity index (χ2v) is 4.66. The van der Waals surface area contributed by atoms with Gasteiger partial charge in [-0.05, 0) is 25.0 Å². The Labute approximate surface area is 111 Å². The Hall–Kier alpha value is -0.0635. The third-order valence-corrected chi connectivity index (χ3v) is 2.13. The van der Waals surface area contributed by atoms with Crippen molar-refractivity contribution in [3.05, 3.63) is 5.32 Å². The number of aliphatic imine (C=N–C) groups is 1. The summed E-state index contributed by atoms with van der Waals surface area (Å²) in [6.07, 6.45) is 0.915. The molecule has 0 aliphatic heterocycles. The quantitative estimate of drug-likeness (QED) is 0.557. The maximum atomic E-state index is 4.59. The second kappa shape index (κ2) is 9.02. The summed E-state index contributed by atoms with van der Waals surface area (Å²) in [5, 5.41) is 4.55. The van der Waals surface area contributed by atoms with Gasteiger partial charge in [0.25, 0.3) is 0 Å². The Morgan fingerprint density at radius 2 is 1.62 bits per heavy atom. The number of rotatable bonds is 5. The van der Waals surface area contributed by atoms with Gasteiger partial charge in [0.15, 0.2) is 0 Å². The summed E-state index contributed by atoms with van der Waals surface area (Å²) in [6, 6.07) is 0. The van der Waals surface area contributed by atoms with E-state index in [0.29, 0.717) is 0 Å². The Morgan fingerprint density at radius 3 is 1.94 bits per heavy atom. The standard InChI is InChI=1S/C12H26N3.Co/c1-7-11(14-12(4,5)6)13-10-15(8-2)9-3;/h7-10H2,1-6H3;/q-1;. The van der Waals surface area contributed by atoms with E-state index in [1.165, 1.54) is 0 Å². The fraction of sp³-hybridized carbons (Fsp3) is 0.917. The first-order valence-electron chi connectivity index (χ1n) is 5.91. The van der Waals surface area contributed by atoms with Crippen molar-refractivity contribution in [3.8, 4) is 0 Å². The molecule has 0 aromatic carbocycles. The molecule has 0 heterocycles. The molecule has 0 saturated carbocycles. The third-order valence-electron chi connectivity index (χ3n) is 2.13. The smallest absolute Gasteiger partial charge is 0.00183 e. The second-order valence-electron chi connectivity index (χ2n) is 4.66. The predicted molar refractivity (Wildman–Crippen MR) is 68.6 cm³/mol. The van der Waals surface area contributed by atoms with Crippen molar-refractivity contribution in [2.75, 3.05) is 19.8 Å². The van der Waals surface area contributed by atoms with E-state index in [9.17, 15) is 0 Å². The Bertz CT molecular complexity index is 193. The van der Waals surface area contributed by atoms with Crippen molar-refractivity contribution in [1.29, 1.82) is 0 Å². The topological polar surface area (TPSA) is 29.7 Å². The van der Waals surface area contributed by atoms with Crippen molar-refractivity contribution in [2.24, 2.45) is 4.99 Å². The summed E-state index contributed by atoms with van der Waals surface area (Å²) in [7, 11) is 0. The molecule has 4 heteroatoms. The van der Waals surface area contributed by atoms with Gasteiger partial charge in [-0.15, -0.1) is 0 Å². The molecule has 0 saturated heterocycles. The van der Waals surface area contributed by atoms with Crippen LogP contribution in [0.2, 0.25) is 0 Å². The first-order valence-corrected chi connectivity index (χ1v) is 5.91. The van der Waals surface area contributed by atoms with E-state index in [1.54, 1.807) is 0 Å². The van der Waals surface area contributed by atoms with E-state index >= 15 is 0 Å². The number of hydrogen-bond acceptors (Lipinski definition) is 2. The summed E-state index contributed by atoms with van der Waals surface area (Å²) >= 11 is 0. The molecule has 0 bridgehead atoms. The maximum absolute atomic E-state index is 4.59. The van der Waals surface area contributed by atoms with E-state index in [2.05, 4.69) is 56.8 Å². The summed E-state index contributed by atoms with van der Waals surface area (Å²) < 4.78 is 0. The molecule has 3 nitrogen and oxygen atoms in total. The fourth-order valence-corrected chi connectivity index (χ4v) is 1.22. The zero-order valence-electron chi connectivity index (χ0n) is 11.5. The molecule has 0 aliphatic carbocycles. The van der Waals surface area contributed by atoms with Crippen LogP contribution in [-0.4, -0.2) is 36.0 Å². The first-order chi connectivity index (χ1) is 6.92. The molecule has 99 valence electrons. The van der Waals surface area contributed by atoms with Gasteiger partial charge in [0, 0.05) is 23.4 Å². The Morgan fingerprint density at radius 1 is 1.12 bits per heavy atom. The third kappa shape index (κ3) is 9.18. The van der Waals surface area contributed by atoms with Gasteiger partial charge in [0.05, 0.1) is 0 Å². The van der Waals surface area contributed by atoms with Crippen molar-refractivity contribution >= 4 is 5.84 Å². The van der Waals surface area contributed by atoms with Gasteiger partial charge in [0.1, 0.15) is 0 Å². The molecule has 0 aromatic rings. The van der Waals surface area contributed by atoms with Gasteiger partial charge < -0.3 is 15.2 Å². The van der Waals surface area contributed by atoms with Crippen molar-refractivity contribution < 1.29 is 16.8 Å². The summed E-state index contributed by atoms with van der Waals surface area (Å²) in [5.74, 6) is 0.981. The van der Waals surface area contributed by atoms with Gasteiger partial charge in [-0.1, -0.05) is 47.4 Å². The van der Waals surface area contributed by atoms with Crippen LogP contribution in [0.15, 0.2) is 4.99 Å². The number of nitrogens with zero attached hydrogens (tertiary/aromatic N) is 3. The van der Waals surface area contributed by atoms with Crippen LogP contribution in [0.1, 0.15) is 48.0 Å². The van der Waals surface area contributed by atoms with Crippen molar-refractivity contribution in [2.45, 2.75) is 53.5 Å². The minimum atomic E-state index is -0.0158. The minimum absolute atomic E-state index is 0. The van der Waals surface area contributed by atoms with Crippen LogP contribution in [0.25, 0.3) is 5.32 Å². The molecular weight excluding hydrogens is 245 g/mol. The van der Waals surface area contributed by atoms with Crippen LogP contribution >= 0.6 is 0 Å². The Kier molecular flexibility index (Phi) is 10.3. The first kappa shape index (κ1) is 18.3. The van der Waals surface area contributed by atoms with Crippen molar-refractivity contribution in [3.63, 3.8) is 0 Å². The molecule has 0 rings (SSSR count).